The van der Waals surface area contributed by atoms with Crippen molar-refractivity contribution in [3.8, 4) is 0 Å². The summed E-state index contributed by atoms with van der Waals surface area (Å²) in [6, 6.07) is 10.0. The molecule has 2 atom stereocenters. The van der Waals surface area contributed by atoms with Gasteiger partial charge < -0.3 is 14.9 Å². The summed E-state index contributed by atoms with van der Waals surface area (Å²) in [6.07, 6.45) is 4.27. The number of rotatable bonds is 10. The van der Waals surface area contributed by atoms with Gasteiger partial charge in [0.1, 0.15) is 0 Å². The van der Waals surface area contributed by atoms with Gasteiger partial charge in [-0.2, -0.15) is 0 Å². The van der Waals surface area contributed by atoms with E-state index >= 15 is 0 Å². The van der Waals surface area contributed by atoms with Crippen LogP contribution in [0.4, 0.5) is 0 Å². The Kier molecular flexibility index (Phi) is 11.6. The lowest BCUT2D eigenvalue weighted by Crippen LogP contribution is -2.57. The number of amides is 2. The first kappa shape index (κ1) is 35.5. The Morgan fingerprint density at radius 3 is 2.02 bits per heavy atom. The van der Waals surface area contributed by atoms with E-state index in [1.807, 2.05) is 0 Å². The molecular weight excluding hydrogens is 630 g/mol. The molecule has 0 radical (unpaired) electrons. The molecule has 1 N–H and O–H groups in total. The molecular formula is C30H40ClN3O8S2. The average Bonchev–Trinajstić information content (AvgIpc) is 3.44. The van der Waals surface area contributed by atoms with E-state index in [0.29, 0.717) is 29.8 Å². The summed E-state index contributed by atoms with van der Waals surface area (Å²) in [6.45, 7) is 4.23. The highest BCUT2D eigenvalue weighted by atomic mass is 35.5. The van der Waals surface area contributed by atoms with Crippen molar-refractivity contribution >= 4 is 49.9 Å². The van der Waals surface area contributed by atoms with Crippen LogP contribution in [0, 0.1) is 0 Å². The van der Waals surface area contributed by atoms with Gasteiger partial charge >= 0.3 is 5.97 Å². The van der Waals surface area contributed by atoms with Crippen molar-refractivity contribution in [2.75, 3.05) is 45.2 Å². The molecule has 2 saturated heterocycles. The van der Waals surface area contributed by atoms with E-state index < -0.39 is 37.6 Å². The number of benzene rings is 2. The van der Waals surface area contributed by atoms with Crippen LogP contribution in [-0.2, 0) is 47.0 Å². The maximum atomic E-state index is 13.6. The number of sulfone groups is 2. The molecule has 242 valence electrons. The Morgan fingerprint density at radius 2 is 1.48 bits per heavy atom. The number of carbonyl (C=O) groups excluding carboxylic acids is 2. The molecule has 2 aromatic carbocycles. The van der Waals surface area contributed by atoms with Crippen LogP contribution in [0.3, 0.4) is 0 Å². The van der Waals surface area contributed by atoms with E-state index in [1.54, 1.807) is 34.1 Å². The quantitative estimate of drug-likeness (QED) is 0.402. The highest BCUT2D eigenvalue weighted by molar-refractivity contribution is 7.91. The summed E-state index contributed by atoms with van der Waals surface area (Å²) >= 11 is 0. The molecule has 1 unspecified atom stereocenters. The van der Waals surface area contributed by atoms with E-state index in [4.69, 9.17) is 0 Å². The molecule has 2 aliphatic rings. The molecule has 4 rings (SSSR count). The number of aliphatic carboxylic acids is 1. The summed E-state index contributed by atoms with van der Waals surface area (Å²) in [5, 5.41) is 10.4. The molecule has 2 aromatic rings. The highest BCUT2D eigenvalue weighted by Gasteiger charge is 2.36. The molecule has 0 saturated carbocycles. The normalized spacial score (nSPS) is 18.5. The van der Waals surface area contributed by atoms with Gasteiger partial charge in [0.2, 0.25) is 11.8 Å². The monoisotopic (exact) mass is 669 g/mol. The highest BCUT2D eigenvalue weighted by Crippen LogP contribution is 2.32. The van der Waals surface area contributed by atoms with Crippen LogP contribution in [-0.4, -0.2) is 106 Å². The van der Waals surface area contributed by atoms with Gasteiger partial charge in [0, 0.05) is 45.6 Å². The van der Waals surface area contributed by atoms with E-state index in [1.165, 1.54) is 25.1 Å². The van der Waals surface area contributed by atoms with Gasteiger partial charge in [0.05, 0.1) is 28.2 Å². The standard InChI is InChI=1S/C30H39N3O8S2.ClH/c1-21(34)32-14-15-33(29(35)16-22-6-8-25(9-7-22)42(2,38)39)24(20-32)18-28(30(36)37)27-11-10-26(43(3,40)41)17-23(27)19-31-12-4-5-13-31;/h6-11,17,24,28H,4-5,12-16,18-20H2,1-3H3,(H,36,37);1H/t24-,28?;/m0./s1. The minimum absolute atomic E-state index is 0. The molecule has 0 aromatic heterocycles. The molecule has 2 heterocycles. The maximum Gasteiger partial charge on any atom is 0.311 e. The summed E-state index contributed by atoms with van der Waals surface area (Å²) in [5.74, 6) is -2.58. The first-order chi connectivity index (χ1) is 20.1. The van der Waals surface area contributed by atoms with Crippen LogP contribution in [0.25, 0.3) is 0 Å². The predicted octanol–water partition coefficient (Wildman–Crippen LogP) is 2.37. The van der Waals surface area contributed by atoms with Crippen molar-refractivity contribution in [2.24, 2.45) is 0 Å². The smallest absolute Gasteiger partial charge is 0.311 e. The zero-order chi connectivity index (χ0) is 31.5. The van der Waals surface area contributed by atoms with Gasteiger partial charge in [-0.05, 0) is 73.3 Å². The van der Waals surface area contributed by atoms with Crippen molar-refractivity contribution in [3.63, 3.8) is 0 Å². The SMILES string of the molecule is CC(=O)N1CCN(C(=O)Cc2ccc(S(C)(=O)=O)cc2)[C@@H](CC(C(=O)O)c2ccc(S(C)(=O)=O)cc2CN2CCCC2)C1.Cl. The molecule has 0 aliphatic carbocycles. The van der Waals surface area contributed by atoms with Crippen LogP contribution in [0.5, 0.6) is 0 Å². The van der Waals surface area contributed by atoms with Crippen LogP contribution in [0.1, 0.15) is 48.8 Å². The number of carboxylic acids is 1. The summed E-state index contributed by atoms with van der Waals surface area (Å²) in [4.78, 5) is 44.3. The van der Waals surface area contributed by atoms with Gasteiger partial charge in [0.25, 0.3) is 0 Å². The second-order valence-electron chi connectivity index (χ2n) is 11.5. The van der Waals surface area contributed by atoms with Crippen molar-refractivity contribution < 1.29 is 36.3 Å². The lowest BCUT2D eigenvalue weighted by atomic mass is 9.87. The molecule has 2 aliphatic heterocycles. The topological polar surface area (TPSA) is 149 Å². The Labute approximate surface area is 265 Å². The second-order valence-corrected chi connectivity index (χ2v) is 15.6. The molecule has 14 heteroatoms. The number of halogens is 1. The first-order valence-electron chi connectivity index (χ1n) is 14.3. The van der Waals surface area contributed by atoms with Crippen molar-refractivity contribution in [3.05, 3.63) is 59.2 Å². The average molecular weight is 670 g/mol. The predicted molar refractivity (Wildman–Crippen MR) is 167 cm³/mol. The molecule has 11 nitrogen and oxygen atoms in total. The van der Waals surface area contributed by atoms with Gasteiger partial charge in [-0.15, -0.1) is 12.4 Å². The number of hydrogen-bond acceptors (Lipinski definition) is 8. The fourth-order valence-electron chi connectivity index (χ4n) is 5.91. The van der Waals surface area contributed by atoms with Gasteiger partial charge in [0.15, 0.2) is 19.7 Å². The fourth-order valence-corrected chi connectivity index (χ4v) is 7.21. The van der Waals surface area contributed by atoms with E-state index in [0.717, 1.165) is 38.4 Å². The molecule has 2 fully saturated rings. The van der Waals surface area contributed by atoms with Gasteiger partial charge in [-0.25, -0.2) is 16.8 Å². The van der Waals surface area contributed by atoms with E-state index in [-0.39, 0.29) is 59.9 Å². The number of carbonyl (C=O) groups is 3. The number of likely N-dealkylation sites (tertiary alicyclic amines) is 1. The van der Waals surface area contributed by atoms with Crippen LogP contribution < -0.4 is 0 Å². The minimum Gasteiger partial charge on any atom is -0.481 e. The number of piperazine rings is 1. The third-order valence-corrected chi connectivity index (χ3v) is 10.5. The van der Waals surface area contributed by atoms with Gasteiger partial charge in [-0.3, -0.25) is 19.3 Å². The van der Waals surface area contributed by atoms with Crippen LogP contribution in [0.15, 0.2) is 52.3 Å². The van der Waals surface area contributed by atoms with Gasteiger partial charge in [-0.1, -0.05) is 18.2 Å². The summed E-state index contributed by atoms with van der Waals surface area (Å²) in [7, 11) is -6.91. The maximum absolute atomic E-state index is 13.6. The Morgan fingerprint density at radius 1 is 0.886 bits per heavy atom. The largest absolute Gasteiger partial charge is 0.481 e. The second kappa shape index (κ2) is 14.4. The molecule has 0 bridgehead atoms. The molecule has 44 heavy (non-hydrogen) atoms. The van der Waals surface area contributed by atoms with Crippen molar-refractivity contribution in [1.82, 2.24) is 14.7 Å². The molecule has 2 amide bonds. The Hall–Kier alpha value is -3.00. The van der Waals surface area contributed by atoms with E-state index in [2.05, 4.69) is 4.90 Å². The summed E-state index contributed by atoms with van der Waals surface area (Å²) in [5.41, 5.74) is 1.74. The number of hydrogen-bond donors (Lipinski definition) is 1. The first-order valence-corrected chi connectivity index (χ1v) is 18.0. The fraction of sp³-hybridized carbons (Fsp3) is 0.500. The minimum atomic E-state index is -3.52. The third-order valence-electron chi connectivity index (χ3n) is 8.27. The van der Waals surface area contributed by atoms with Crippen LogP contribution in [0.2, 0.25) is 0 Å². The molecule has 0 spiro atoms. The Bertz CT molecular complexity index is 1590. The number of carboxylic acid groups (broad SMARTS) is 1. The zero-order valence-corrected chi connectivity index (χ0v) is 27.6. The number of nitrogens with zero attached hydrogens (tertiary/aromatic N) is 3. The van der Waals surface area contributed by atoms with Crippen molar-refractivity contribution in [1.29, 1.82) is 0 Å². The summed E-state index contributed by atoms with van der Waals surface area (Å²) < 4.78 is 48.3. The lowest BCUT2D eigenvalue weighted by molar-refractivity contribution is -0.144. The Balaban J connectivity index is 0.00000529. The van der Waals surface area contributed by atoms with E-state index in [9.17, 15) is 36.3 Å². The third kappa shape index (κ3) is 8.80. The lowest BCUT2D eigenvalue weighted by Gasteiger charge is -2.42. The van der Waals surface area contributed by atoms with Crippen LogP contribution >= 0.6 is 12.4 Å². The van der Waals surface area contributed by atoms with Crippen molar-refractivity contribution in [2.45, 2.75) is 60.9 Å². The zero-order valence-electron chi connectivity index (χ0n) is 25.1.